The van der Waals surface area contributed by atoms with Crippen LogP contribution in [-0.4, -0.2) is 35.5 Å². The lowest BCUT2D eigenvalue weighted by Gasteiger charge is -2.41. The second-order valence-corrected chi connectivity index (χ2v) is 6.97. The lowest BCUT2D eigenvalue weighted by molar-refractivity contribution is -0.140. The van der Waals surface area contributed by atoms with Crippen LogP contribution in [-0.2, 0) is 4.79 Å². The van der Waals surface area contributed by atoms with Gasteiger partial charge in [-0.05, 0) is 35.2 Å². The third kappa shape index (κ3) is 3.17. The lowest BCUT2D eigenvalue weighted by Crippen LogP contribution is -2.46. The fourth-order valence-corrected chi connectivity index (χ4v) is 3.63. The zero-order valence-electron chi connectivity index (χ0n) is 15.2. The predicted octanol–water partition coefficient (Wildman–Crippen LogP) is 3.72. The van der Waals surface area contributed by atoms with Crippen molar-refractivity contribution in [3.8, 4) is 5.75 Å². The first kappa shape index (κ1) is 18.0. The SMILES string of the molecule is COc1ccc([C@@H]2[C@H](C(=O)O)c3ccccc3C(=O)N2CC(C)C)cc1. The number of nitrogens with zero attached hydrogens (tertiary/aromatic N) is 1. The van der Waals surface area contributed by atoms with E-state index in [2.05, 4.69) is 0 Å². The van der Waals surface area contributed by atoms with Gasteiger partial charge in [0.25, 0.3) is 5.91 Å². The summed E-state index contributed by atoms with van der Waals surface area (Å²) in [7, 11) is 1.58. The van der Waals surface area contributed by atoms with Crippen molar-refractivity contribution in [1.29, 1.82) is 0 Å². The van der Waals surface area contributed by atoms with Gasteiger partial charge < -0.3 is 14.7 Å². The second-order valence-electron chi connectivity index (χ2n) is 6.97. The Morgan fingerprint density at radius 2 is 1.81 bits per heavy atom. The van der Waals surface area contributed by atoms with E-state index in [0.717, 1.165) is 5.56 Å². The Morgan fingerprint density at radius 3 is 2.38 bits per heavy atom. The molecule has 136 valence electrons. The van der Waals surface area contributed by atoms with Gasteiger partial charge in [0.15, 0.2) is 0 Å². The number of hydrogen-bond acceptors (Lipinski definition) is 3. The van der Waals surface area contributed by atoms with Crippen LogP contribution < -0.4 is 4.74 Å². The van der Waals surface area contributed by atoms with Gasteiger partial charge in [0.1, 0.15) is 11.7 Å². The smallest absolute Gasteiger partial charge is 0.313 e. The summed E-state index contributed by atoms with van der Waals surface area (Å²) in [5.41, 5.74) is 1.85. The first-order chi connectivity index (χ1) is 12.4. The Morgan fingerprint density at radius 1 is 1.15 bits per heavy atom. The summed E-state index contributed by atoms with van der Waals surface area (Å²) in [6, 6.07) is 13.7. The number of carbonyl (C=O) groups is 2. The van der Waals surface area contributed by atoms with Crippen LogP contribution in [0, 0.1) is 5.92 Å². The first-order valence-corrected chi connectivity index (χ1v) is 8.70. The summed E-state index contributed by atoms with van der Waals surface area (Å²) in [5.74, 6) is -0.943. The molecule has 2 aromatic carbocycles. The van der Waals surface area contributed by atoms with Crippen LogP contribution in [0.2, 0.25) is 0 Å². The van der Waals surface area contributed by atoms with Gasteiger partial charge in [-0.2, -0.15) is 0 Å². The maximum atomic E-state index is 13.1. The monoisotopic (exact) mass is 353 g/mol. The van der Waals surface area contributed by atoms with Gasteiger partial charge in [-0.25, -0.2) is 0 Å². The highest BCUT2D eigenvalue weighted by atomic mass is 16.5. The van der Waals surface area contributed by atoms with Gasteiger partial charge in [0, 0.05) is 12.1 Å². The first-order valence-electron chi connectivity index (χ1n) is 8.70. The number of methoxy groups -OCH3 is 1. The van der Waals surface area contributed by atoms with Crippen molar-refractivity contribution in [1.82, 2.24) is 4.90 Å². The summed E-state index contributed by atoms with van der Waals surface area (Å²) >= 11 is 0. The standard InChI is InChI=1S/C21H23NO4/c1-13(2)12-22-19(14-8-10-15(26-3)11-9-14)18(21(24)25)16-6-4-5-7-17(16)20(22)23/h4-11,13,18-19H,12H2,1-3H3,(H,24,25)/t18-,19-/m1/s1. The van der Waals surface area contributed by atoms with Crippen LogP contribution in [0.3, 0.4) is 0 Å². The molecule has 2 aromatic rings. The number of carboxylic acid groups (broad SMARTS) is 1. The molecule has 0 radical (unpaired) electrons. The highest BCUT2D eigenvalue weighted by molar-refractivity contribution is 6.00. The molecule has 1 aliphatic rings. The molecule has 0 saturated carbocycles. The molecule has 26 heavy (non-hydrogen) atoms. The molecule has 5 heteroatoms. The molecule has 1 amide bonds. The quantitative estimate of drug-likeness (QED) is 0.890. The molecule has 5 nitrogen and oxygen atoms in total. The van der Waals surface area contributed by atoms with Crippen LogP contribution in [0.5, 0.6) is 5.75 Å². The number of aliphatic carboxylic acids is 1. The van der Waals surface area contributed by atoms with Crippen molar-refractivity contribution in [3.05, 3.63) is 65.2 Å². The van der Waals surface area contributed by atoms with E-state index in [4.69, 9.17) is 4.74 Å². The minimum Gasteiger partial charge on any atom is -0.497 e. The largest absolute Gasteiger partial charge is 0.497 e. The number of ether oxygens (including phenoxy) is 1. The minimum absolute atomic E-state index is 0.118. The van der Waals surface area contributed by atoms with Gasteiger partial charge in [-0.15, -0.1) is 0 Å². The zero-order valence-corrected chi connectivity index (χ0v) is 15.2. The fourth-order valence-electron chi connectivity index (χ4n) is 3.63. The van der Waals surface area contributed by atoms with Gasteiger partial charge >= 0.3 is 5.97 Å². The zero-order chi connectivity index (χ0) is 18.8. The number of amides is 1. The van der Waals surface area contributed by atoms with E-state index in [1.165, 1.54) is 0 Å². The summed E-state index contributed by atoms with van der Waals surface area (Å²) in [5, 5.41) is 9.99. The van der Waals surface area contributed by atoms with E-state index < -0.39 is 17.9 Å². The molecule has 2 atom stereocenters. The molecule has 1 heterocycles. The van der Waals surface area contributed by atoms with E-state index in [9.17, 15) is 14.7 Å². The van der Waals surface area contributed by atoms with E-state index >= 15 is 0 Å². The van der Waals surface area contributed by atoms with Crippen molar-refractivity contribution in [2.24, 2.45) is 5.92 Å². The van der Waals surface area contributed by atoms with Crippen LogP contribution in [0.25, 0.3) is 0 Å². The number of carbonyl (C=O) groups excluding carboxylic acids is 1. The summed E-state index contributed by atoms with van der Waals surface area (Å²) in [4.78, 5) is 27.0. The lowest BCUT2D eigenvalue weighted by atomic mass is 9.79. The Kier molecular flexibility index (Phi) is 4.98. The molecule has 0 saturated heterocycles. The predicted molar refractivity (Wildman–Crippen MR) is 98.4 cm³/mol. The number of benzene rings is 2. The number of fused-ring (bicyclic) bond motifs is 1. The van der Waals surface area contributed by atoms with Crippen LogP contribution in [0.4, 0.5) is 0 Å². The number of hydrogen-bond donors (Lipinski definition) is 1. The third-order valence-electron chi connectivity index (χ3n) is 4.72. The third-order valence-corrected chi connectivity index (χ3v) is 4.72. The van der Waals surface area contributed by atoms with Crippen molar-refractivity contribution in [3.63, 3.8) is 0 Å². The summed E-state index contributed by atoms with van der Waals surface area (Å²) < 4.78 is 5.20. The van der Waals surface area contributed by atoms with E-state index in [-0.39, 0.29) is 11.8 Å². The molecule has 0 bridgehead atoms. The molecule has 0 unspecified atom stereocenters. The summed E-state index contributed by atoms with van der Waals surface area (Å²) in [6.07, 6.45) is 0. The minimum atomic E-state index is -0.931. The van der Waals surface area contributed by atoms with Gasteiger partial charge in [0.2, 0.25) is 0 Å². The molecule has 3 rings (SSSR count). The summed E-state index contributed by atoms with van der Waals surface area (Å²) in [6.45, 7) is 4.54. The molecular weight excluding hydrogens is 330 g/mol. The van der Waals surface area contributed by atoms with E-state index in [1.54, 1.807) is 48.4 Å². The Balaban J connectivity index is 2.17. The molecule has 0 aliphatic carbocycles. The molecule has 1 N–H and O–H groups in total. The second kappa shape index (κ2) is 7.20. The van der Waals surface area contributed by atoms with E-state index in [1.807, 2.05) is 26.0 Å². The van der Waals surface area contributed by atoms with Gasteiger partial charge in [-0.1, -0.05) is 44.2 Å². The van der Waals surface area contributed by atoms with Crippen molar-refractivity contribution in [2.45, 2.75) is 25.8 Å². The molecular formula is C21H23NO4. The average Bonchev–Trinajstić information content (AvgIpc) is 2.63. The molecule has 0 fully saturated rings. The van der Waals surface area contributed by atoms with Crippen LogP contribution in [0.15, 0.2) is 48.5 Å². The van der Waals surface area contributed by atoms with Gasteiger partial charge in [0.05, 0.1) is 13.2 Å². The highest BCUT2D eigenvalue weighted by Gasteiger charge is 2.44. The molecule has 0 spiro atoms. The fraction of sp³-hybridized carbons (Fsp3) is 0.333. The van der Waals surface area contributed by atoms with Crippen molar-refractivity contribution < 1.29 is 19.4 Å². The maximum Gasteiger partial charge on any atom is 0.313 e. The average molecular weight is 353 g/mol. The van der Waals surface area contributed by atoms with Crippen molar-refractivity contribution in [2.75, 3.05) is 13.7 Å². The Bertz CT molecular complexity index is 813. The topological polar surface area (TPSA) is 66.8 Å². The number of carboxylic acids is 1. The van der Waals surface area contributed by atoms with Crippen molar-refractivity contribution >= 4 is 11.9 Å². The van der Waals surface area contributed by atoms with E-state index in [0.29, 0.717) is 23.4 Å². The highest BCUT2D eigenvalue weighted by Crippen LogP contribution is 2.43. The van der Waals surface area contributed by atoms with Crippen LogP contribution in [0.1, 0.15) is 47.3 Å². The normalized spacial score (nSPS) is 19.4. The van der Waals surface area contributed by atoms with Gasteiger partial charge in [-0.3, -0.25) is 9.59 Å². The number of rotatable bonds is 5. The Labute approximate surface area is 153 Å². The van der Waals surface area contributed by atoms with Crippen LogP contribution >= 0.6 is 0 Å². The Hall–Kier alpha value is -2.82. The molecule has 1 aliphatic heterocycles. The maximum absolute atomic E-state index is 13.1. The molecule has 0 aromatic heterocycles.